The molecule has 63 valence electrons. The summed E-state index contributed by atoms with van der Waals surface area (Å²) >= 11 is 0. The van der Waals surface area contributed by atoms with Crippen molar-refractivity contribution < 1.29 is 0 Å². The van der Waals surface area contributed by atoms with Crippen LogP contribution < -0.4 is 0 Å². The number of hydrogen-bond acceptors (Lipinski definition) is 0. The van der Waals surface area contributed by atoms with Crippen LogP contribution in [0.2, 0.25) is 0 Å². The van der Waals surface area contributed by atoms with Crippen molar-refractivity contribution in [3.63, 3.8) is 0 Å². The summed E-state index contributed by atoms with van der Waals surface area (Å²) < 4.78 is 0. The van der Waals surface area contributed by atoms with Gasteiger partial charge in [0.15, 0.2) is 0 Å². The van der Waals surface area contributed by atoms with Gasteiger partial charge < -0.3 is 0 Å². The van der Waals surface area contributed by atoms with Gasteiger partial charge in [-0.15, -0.1) is 0 Å². The van der Waals surface area contributed by atoms with Crippen LogP contribution in [0.3, 0.4) is 0 Å². The second kappa shape index (κ2) is 4.58. The monoisotopic (exact) mass is 151 g/mol. The van der Waals surface area contributed by atoms with Crippen molar-refractivity contribution in [3.8, 4) is 0 Å². The van der Waals surface area contributed by atoms with Crippen molar-refractivity contribution in [2.24, 2.45) is 11.8 Å². The first-order valence-corrected chi connectivity index (χ1v) is 4.79. The van der Waals surface area contributed by atoms with E-state index in [0.717, 1.165) is 18.3 Å². The molecule has 0 aromatic carbocycles. The summed E-state index contributed by atoms with van der Waals surface area (Å²) in [6.07, 6.45) is 11.1. The van der Waals surface area contributed by atoms with Crippen molar-refractivity contribution in [1.29, 1.82) is 0 Å². The Morgan fingerprint density at radius 3 is 2.36 bits per heavy atom. The van der Waals surface area contributed by atoms with Crippen LogP contribution in [-0.4, -0.2) is 0 Å². The third kappa shape index (κ3) is 2.69. The third-order valence-corrected chi connectivity index (χ3v) is 2.83. The minimum absolute atomic E-state index is 0.829. The Hall–Kier alpha value is -0.260. The predicted molar refractivity (Wildman–Crippen MR) is 50.2 cm³/mol. The van der Waals surface area contributed by atoms with E-state index in [-0.39, 0.29) is 0 Å². The van der Waals surface area contributed by atoms with Crippen molar-refractivity contribution in [2.75, 3.05) is 0 Å². The third-order valence-electron chi connectivity index (χ3n) is 2.83. The van der Waals surface area contributed by atoms with Crippen LogP contribution in [0.1, 0.15) is 39.0 Å². The highest BCUT2D eigenvalue weighted by Gasteiger charge is 2.15. The van der Waals surface area contributed by atoms with E-state index in [1.165, 1.54) is 25.7 Å². The van der Waals surface area contributed by atoms with Crippen LogP contribution in [-0.2, 0) is 0 Å². The average molecular weight is 151 g/mol. The van der Waals surface area contributed by atoms with Crippen molar-refractivity contribution >= 4 is 0 Å². The molecule has 1 unspecified atom stereocenters. The molecule has 1 aliphatic carbocycles. The van der Waals surface area contributed by atoms with Gasteiger partial charge in [0.25, 0.3) is 0 Å². The lowest BCUT2D eigenvalue weighted by Gasteiger charge is -2.20. The molecule has 0 aliphatic heterocycles. The molecule has 0 heteroatoms. The highest BCUT2D eigenvalue weighted by atomic mass is 14.2. The zero-order chi connectivity index (χ0) is 8.10. The van der Waals surface area contributed by atoms with Gasteiger partial charge in [-0.25, -0.2) is 0 Å². The van der Waals surface area contributed by atoms with Gasteiger partial charge in [0.1, 0.15) is 0 Å². The minimum Gasteiger partial charge on any atom is -0.0885 e. The van der Waals surface area contributed by atoms with E-state index in [0.29, 0.717) is 0 Å². The Labute approximate surface area is 70.7 Å². The minimum atomic E-state index is 0.829. The highest BCUT2D eigenvalue weighted by Crippen LogP contribution is 2.27. The van der Waals surface area contributed by atoms with Crippen LogP contribution in [0.5, 0.6) is 0 Å². The molecule has 0 heterocycles. The number of hydrogen-bond donors (Lipinski definition) is 0. The molecule has 1 atom stereocenters. The average Bonchev–Trinajstić information content (AvgIpc) is 2.30. The molecule has 0 bridgehead atoms. The van der Waals surface area contributed by atoms with E-state index in [9.17, 15) is 0 Å². The Morgan fingerprint density at radius 2 is 1.91 bits per heavy atom. The van der Waals surface area contributed by atoms with Crippen molar-refractivity contribution in [3.05, 3.63) is 19.1 Å². The van der Waals surface area contributed by atoms with E-state index in [1.807, 2.05) is 0 Å². The molecule has 0 fully saturated rings. The van der Waals surface area contributed by atoms with Gasteiger partial charge in [-0.05, 0) is 37.5 Å². The van der Waals surface area contributed by atoms with Gasteiger partial charge in [0.05, 0.1) is 0 Å². The quantitative estimate of drug-likeness (QED) is 0.529. The van der Waals surface area contributed by atoms with Gasteiger partial charge in [-0.2, -0.15) is 0 Å². The summed E-state index contributed by atoms with van der Waals surface area (Å²) in [7, 11) is 0. The lowest BCUT2D eigenvalue weighted by atomic mass is 9.86. The fraction of sp³-hybridized carbons (Fsp3) is 0.727. The SMILES string of the molecule is [CH2]CC(C)C1CCC=CCC1. The molecule has 1 aliphatic rings. The van der Waals surface area contributed by atoms with Gasteiger partial charge >= 0.3 is 0 Å². The van der Waals surface area contributed by atoms with Crippen LogP contribution in [0.15, 0.2) is 12.2 Å². The number of rotatable bonds is 2. The maximum atomic E-state index is 3.97. The largest absolute Gasteiger partial charge is 0.0885 e. The lowest BCUT2D eigenvalue weighted by molar-refractivity contribution is 0.325. The maximum absolute atomic E-state index is 3.97. The highest BCUT2D eigenvalue weighted by molar-refractivity contribution is 4.87. The molecule has 0 aromatic rings. The van der Waals surface area contributed by atoms with Crippen LogP contribution in [0, 0.1) is 18.8 Å². The molecular weight excluding hydrogens is 132 g/mol. The van der Waals surface area contributed by atoms with Gasteiger partial charge in [0, 0.05) is 0 Å². The zero-order valence-electron chi connectivity index (χ0n) is 7.55. The molecular formula is C11H19. The molecule has 0 nitrogen and oxygen atoms in total. The predicted octanol–water partition coefficient (Wildman–Crippen LogP) is 3.59. The van der Waals surface area contributed by atoms with Crippen LogP contribution >= 0.6 is 0 Å². The first kappa shape index (κ1) is 8.83. The summed E-state index contributed by atoms with van der Waals surface area (Å²) in [5.74, 6) is 1.76. The van der Waals surface area contributed by atoms with E-state index >= 15 is 0 Å². The van der Waals surface area contributed by atoms with Gasteiger partial charge in [0.2, 0.25) is 0 Å². The molecule has 0 saturated heterocycles. The maximum Gasteiger partial charge on any atom is -0.0348 e. The molecule has 0 amide bonds. The standard InChI is InChI=1S/C11H19/c1-3-10(2)11-8-6-4-5-7-9-11/h4-5,10-11H,1,3,6-9H2,2H3. The molecule has 11 heavy (non-hydrogen) atoms. The topological polar surface area (TPSA) is 0 Å². The van der Waals surface area contributed by atoms with Crippen molar-refractivity contribution in [2.45, 2.75) is 39.0 Å². The summed E-state index contributed by atoms with van der Waals surface area (Å²) in [5, 5.41) is 0. The molecule has 1 radical (unpaired) electrons. The fourth-order valence-electron chi connectivity index (χ4n) is 1.81. The Morgan fingerprint density at radius 1 is 1.36 bits per heavy atom. The smallest absolute Gasteiger partial charge is 0.0348 e. The van der Waals surface area contributed by atoms with E-state index in [2.05, 4.69) is 26.0 Å². The van der Waals surface area contributed by atoms with Gasteiger partial charge in [-0.3, -0.25) is 0 Å². The Kier molecular flexibility index (Phi) is 3.68. The van der Waals surface area contributed by atoms with Crippen LogP contribution in [0.25, 0.3) is 0 Å². The molecule has 0 spiro atoms. The van der Waals surface area contributed by atoms with Crippen LogP contribution in [0.4, 0.5) is 0 Å². The molecule has 0 N–H and O–H groups in total. The second-order valence-electron chi connectivity index (χ2n) is 3.65. The summed E-state index contributed by atoms with van der Waals surface area (Å²) in [6, 6.07) is 0. The van der Waals surface area contributed by atoms with E-state index < -0.39 is 0 Å². The fourth-order valence-corrected chi connectivity index (χ4v) is 1.81. The Balaban J connectivity index is 2.34. The van der Waals surface area contributed by atoms with Crippen molar-refractivity contribution in [1.82, 2.24) is 0 Å². The second-order valence-corrected chi connectivity index (χ2v) is 3.65. The summed E-state index contributed by atoms with van der Waals surface area (Å²) in [4.78, 5) is 0. The molecule has 0 aromatic heterocycles. The molecule has 1 rings (SSSR count). The van der Waals surface area contributed by atoms with E-state index in [1.54, 1.807) is 0 Å². The first-order valence-electron chi connectivity index (χ1n) is 4.79. The molecule has 0 saturated carbocycles. The normalized spacial score (nSPS) is 23.1. The number of allylic oxidation sites excluding steroid dienone is 2. The lowest BCUT2D eigenvalue weighted by Crippen LogP contribution is -2.09. The zero-order valence-corrected chi connectivity index (χ0v) is 7.55. The van der Waals surface area contributed by atoms with E-state index in [4.69, 9.17) is 0 Å². The first-order chi connectivity index (χ1) is 5.34. The van der Waals surface area contributed by atoms with Gasteiger partial charge in [-0.1, -0.05) is 32.4 Å². The Bertz CT molecular complexity index is 114. The summed E-state index contributed by atoms with van der Waals surface area (Å²) in [6.45, 7) is 6.31. The summed E-state index contributed by atoms with van der Waals surface area (Å²) in [5.41, 5.74) is 0.